The Morgan fingerprint density at radius 2 is 2.08 bits per heavy atom. The number of ether oxygens (including phenoxy) is 1. The van der Waals surface area contributed by atoms with Gasteiger partial charge in [-0.05, 0) is 25.1 Å². The molecule has 0 saturated heterocycles. The minimum atomic E-state index is -0.746. The topological polar surface area (TPSA) is 109 Å². The molecule has 8 heteroatoms. The maximum Gasteiger partial charge on any atom is 0.255 e. The van der Waals surface area contributed by atoms with Gasteiger partial charge in [-0.2, -0.15) is 5.10 Å². The van der Waals surface area contributed by atoms with Crippen LogP contribution in [0.1, 0.15) is 17.3 Å². The van der Waals surface area contributed by atoms with E-state index in [-0.39, 0.29) is 5.91 Å². The number of methoxy groups -OCH3 is 1. The molecule has 2 amide bonds. The van der Waals surface area contributed by atoms with E-state index in [1.165, 1.54) is 18.6 Å². The first kappa shape index (κ1) is 17.3. The highest BCUT2D eigenvalue weighted by atomic mass is 16.5. The lowest BCUT2D eigenvalue weighted by molar-refractivity contribution is -0.117. The monoisotopic (exact) mass is 354 g/mol. The van der Waals surface area contributed by atoms with Crippen LogP contribution in [-0.2, 0) is 4.79 Å². The number of hydrogen-bond acceptors (Lipinski definition) is 5. The van der Waals surface area contributed by atoms with Crippen molar-refractivity contribution in [3.63, 3.8) is 0 Å². The van der Waals surface area contributed by atoms with Crippen LogP contribution >= 0.6 is 0 Å². The Morgan fingerprint density at radius 1 is 1.27 bits per heavy atom. The zero-order valence-corrected chi connectivity index (χ0v) is 14.3. The van der Waals surface area contributed by atoms with Crippen LogP contribution in [0.25, 0.3) is 11.3 Å². The molecule has 0 aliphatic rings. The van der Waals surface area contributed by atoms with Crippen LogP contribution in [0.4, 0.5) is 5.82 Å². The molecule has 0 saturated carbocycles. The SMILES string of the molecule is COc1ccccc1-c1cc(NC(=O)[C@H](C)NC(=O)c2ccoc2)n[nH]1. The number of nitrogens with one attached hydrogen (secondary N) is 3. The van der Waals surface area contributed by atoms with Gasteiger partial charge >= 0.3 is 0 Å². The van der Waals surface area contributed by atoms with Crippen molar-refractivity contribution in [1.29, 1.82) is 0 Å². The Labute approximate surface area is 149 Å². The highest BCUT2D eigenvalue weighted by Gasteiger charge is 2.18. The lowest BCUT2D eigenvalue weighted by Crippen LogP contribution is -2.41. The molecule has 1 atom stereocenters. The molecular formula is C18H18N4O4. The number of aromatic amines is 1. The number of nitrogens with zero attached hydrogens (tertiary/aromatic N) is 1. The molecule has 1 aromatic carbocycles. The van der Waals surface area contributed by atoms with Gasteiger partial charge in [0.05, 0.1) is 24.6 Å². The van der Waals surface area contributed by atoms with Gasteiger partial charge in [0.2, 0.25) is 5.91 Å². The molecule has 0 aliphatic carbocycles. The minimum absolute atomic E-state index is 0.348. The predicted molar refractivity (Wildman–Crippen MR) is 94.8 cm³/mol. The van der Waals surface area contributed by atoms with Gasteiger partial charge in [0.25, 0.3) is 5.91 Å². The van der Waals surface area contributed by atoms with Crippen molar-refractivity contribution in [3.8, 4) is 17.0 Å². The average Bonchev–Trinajstić information content (AvgIpc) is 3.33. The minimum Gasteiger partial charge on any atom is -0.496 e. The van der Waals surface area contributed by atoms with E-state index in [9.17, 15) is 9.59 Å². The van der Waals surface area contributed by atoms with Gasteiger partial charge in [0.1, 0.15) is 18.1 Å². The number of furan rings is 1. The number of H-pyrrole nitrogens is 1. The number of aromatic nitrogens is 2. The van der Waals surface area contributed by atoms with Gasteiger partial charge in [-0.15, -0.1) is 0 Å². The van der Waals surface area contributed by atoms with Gasteiger partial charge in [-0.3, -0.25) is 14.7 Å². The first-order valence-electron chi connectivity index (χ1n) is 7.91. The van der Waals surface area contributed by atoms with E-state index in [4.69, 9.17) is 9.15 Å². The second-order valence-electron chi connectivity index (χ2n) is 5.56. The fraction of sp³-hybridized carbons (Fsp3) is 0.167. The summed E-state index contributed by atoms with van der Waals surface area (Å²) in [6.45, 7) is 1.58. The van der Waals surface area contributed by atoms with Gasteiger partial charge in [0, 0.05) is 11.6 Å². The Hall–Kier alpha value is -3.55. The van der Waals surface area contributed by atoms with E-state index in [0.717, 1.165) is 5.56 Å². The Kier molecular flexibility index (Phi) is 5.02. The number of carbonyl (C=O) groups is 2. The molecule has 8 nitrogen and oxygen atoms in total. The lowest BCUT2D eigenvalue weighted by atomic mass is 10.1. The van der Waals surface area contributed by atoms with Crippen LogP contribution in [0.15, 0.2) is 53.3 Å². The number of anilines is 1. The van der Waals surface area contributed by atoms with E-state index in [1.54, 1.807) is 20.1 Å². The van der Waals surface area contributed by atoms with Crippen molar-refractivity contribution >= 4 is 17.6 Å². The van der Waals surface area contributed by atoms with E-state index in [0.29, 0.717) is 22.8 Å². The quantitative estimate of drug-likeness (QED) is 0.630. The molecule has 3 rings (SSSR count). The predicted octanol–water partition coefficient (Wildman–Crippen LogP) is 2.44. The van der Waals surface area contributed by atoms with Crippen LogP contribution in [0.3, 0.4) is 0 Å². The van der Waals surface area contributed by atoms with Crippen LogP contribution in [0, 0.1) is 0 Å². The largest absolute Gasteiger partial charge is 0.496 e. The molecule has 2 aromatic heterocycles. The number of benzene rings is 1. The van der Waals surface area contributed by atoms with Gasteiger partial charge < -0.3 is 19.8 Å². The normalized spacial score (nSPS) is 11.6. The number of rotatable bonds is 6. The van der Waals surface area contributed by atoms with E-state index >= 15 is 0 Å². The summed E-state index contributed by atoms with van der Waals surface area (Å²) < 4.78 is 10.2. The van der Waals surface area contributed by atoms with Crippen LogP contribution in [-0.4, -0.2) is 35.2 Å². The van der Waals surface area contributed by atoms with E-state index in [1.807, 2.05) is 24.3 Å². The summed E-state index contributed by atoms with van der Waals surface area (Å²) in [6, 6.07) is 9.93. The van der Waals surface area contributed by atoms with Crippen molar-refractivity contribution in [3.05, 3.63) is 54.5 Å². The first-order chi connectivity index (χ1) is 12.6. The van der Waals surface area contributed by atoms with Crippen molar-refractivity contribution in [1.82, 2.24) is 15.5 Å². The third kappa shape index (κ3) is 3.75. The molecule has 0 spiro atoms. The average molecular weight is 354 g/mol. The summed E-state index contributed by atoms with van der Waals surface area (Å²) in [6.07, 6.45) is 2.70. The number of carbonyl (C=O) groups excluding carboxylic acids is 2. The van der Waals surface area contributed by atoms with Gasteiger partial charge in [-0.1, -0.05) is 12.1 Å². The highest BCUT2D eigenvalue weighted by Crippen LogP contribution is 2.29. The smallest absolute Gasteiger partial charge is 0.255 e. The van der Waals surface area contributed by atoms with Crippen molar-refractivity contribution < 1.29 is 18.7 Å². The molecule has 0 bridgehead atoms. The third-order valence-electron chi connectivity index (χ3n) is 3.75. The summed E-state index contributed by atoms with van der Waals surface area (Å²) in [5.74, 6) is 0.258. The molecular weight excluding hydrogens is 336 g/mol. The molecule has 0 unspecified atom stereocenters. The van der Waals surface area contributed by atoms with Crippen LogP contribution in [0.5, 0.6) is 5.75 Å². The van der Waals surface area contributed by atoms with E-state index < -0.39 is 11.9 Å². The fourth-order valence-electron chi connectivity index (χ4n) is 2.36. The van der Waals surface area contributed by atoms with Crippen molar-refractivity contribution in [2.24, 2.45) is 0 Å². The number of amides is 2. The first-order valence-corrected chi connectivity index (χ1v) is 7.91. The standard InChI is InChI=1S/C18H18N4O4/c1-11(19-18(24)12-7-8-26-10-12)17(23)20-16-9-14(21-22-16)13-5-3-4-6-15(13)25-2/h3-11H,1-2H3,(H,19,24)(H2,20,21,22,23)/t11-/m0/s1. The molecule has 134 valence electrons. The summed E-state index contributed by atoms with van der Waals surface area (Å²) in [4.78, 5) is 24.2. The Bertz CT molecular complexity index is 902. The Balaban J connectivity index is 1.65. The highest BCUT2D eigenvalue weighted by molar-refractivity contribution is 6.00. The molecule has 3 N–H and O–H groups in total. The zero-order valence-electron chi connectivity index (χ0n) is 14.3. The maximum absolute atomic E-state index is 12.3. The zero-order chi connectivity index (χ0) is 18.5. The lowest BCUT2D eigenvalue weighted by Gasteiger charge is -2.12. The summed E-state index contributed by atoms with van der Waals surface area (Å²) in [7, 11) is 1.59. The molecule has 0 fully saturated rings. The van der Waals surface area contributed by atoms with Gasteiger partial charge in [-0.25, -0.2) is 0 Å². The van der Waals surface area contributed by atoms with Crippen LogP contribution in [0.2, 0.25) is 0 Å². The summed E-state index contributed by atoms with van der Waals surface area (Å²) in [5.41, 5.74) is 1.88. The molecule has 3 aromatic rings. The second-order valence-corrected chi connectivity index (χ2v) is 5.56. The fourth-order valence-corrected chi connectivity index (χ4v) is 2.36. The third-order valence-corrected chi connectivity index (χ3v) is 3.75. The molecule has 26 heavy (non-hydrogen) atoms. The molecule has 2 heterocycles. The number of para-hydroxylation sites is 1. The second kappa shape index (κ2) is 7.56. The Morgan fingerprint density at radius 3 is 2.81 bits per heavy atom. The van der Waals surface area contributed by atoms with Crippen molar-refractivity contribution in [2.45, 2.75) is 13.0 Å². The van der Waals surface area contributed by atoms with Crippen molar-refractivity contribution in [2.75, 3.05) is 12.4 Å². The van der Waals surface area contributed by atoms with Gasteiger partial charge in [0.15, 0.2) is 5.82 Å². The van der Waals surface area contributed by atoms with E-state index in [2.05, 4.69) is 20.8 Å². The number of hydrogen-bond donors (Lipinski definition) is 3. The summed E-state index contributed by atoms with van der Waals surface area (Å²) in [5, 5.41) is 12.2. The molecule has 0 aliphatic heterocycles. The van der Waals surface area contributed by atoms with Crippen LogP contribution < -0.4 is 15.4 Å². The summed E-state index contributed by atoms with van der Waals surface area (Å²) >= 11 is 0. The molecule has 0 radical (unpaired) electrons. The maximum atomic E-state index is 12.3.